The van der Waals surface area contributed by atoms with Gasteiger partial charge in [-0.25, -0.2) is 4.98 Å². The summed E-state index contributed by atoms with van der Waals surface area (Å²) in [5.74, 6) is 2.46. The molecule has 3 rings (SSSR count). The van der Waals surface area contributed by atoms with E-state index in [0.717, 1.165) is 31.5 Å². The molecule has 0 radical (unpaired) electrons. The summed E-state index contributed by atoms with van der Waals surface area (Å²) in [4.78, 5) is 13.8. The monoisotopic (exact) mass is 346 g/mol. The molecule has 2 saturated heterocycles. The summed E-state index contributed by atoms with van der Waals surface area (Å²) < 4.78 is 2.25. The zero-order chi connectivity index (χ0) is 17.6. The van der Waals surface area contributed by atoms with Gasteiger partial charge in [-0.15, -0.1) is 0 Å². The van der Waals surface area contributed by atoms with Crippen LogP contribution in [-0.4, -0.2) is 71.6 Å². The lowest BCUT2D eigenvalue weighted by molar-refractivity contribution is 0.175. The molecule has 2 fully saturated rings. The summed E-state index contributed by atoms with van der Waals surface area (Å²) in [6.07, 6.45) is 9.75. The Hall–Kier alpha value is -1.56. The van der Waals surface area contributed by atoms with E-state index in [-0.39, 0.29) is 0 Å². The number of rotatable bonds is 4. The molecule has 3 atom stereocenters. The largest absolute Gasteiger partial charge is 0.356 e. The first-order valence-electron chi connectivity index (χ1n) is 9.86. The van der Waals surface area contributed by atoms with Crippen LogP contribution in [0.3, 0.4) is 0 Å². The van der Waals surface area contributed by atoms with E-state index in [4.69, 9.17) is 0 Å². The Morgan fingerprint density at radius 1 is 1.28 bits per heavy atom. The van der Waals surface area contributed by atoms with Gasteiger partial charge in [0.2, 0.25) is 0 Å². The maximum absolute atomic E-state index is 4.57. The molecule has 1 aromatic heterocycles. The second kappa shape index (κ2) is 8.70. The molecule has 0 bridgehead atoms. The Bertz CT molecular complexity index is 540. The molecular weight excluding hydrogens is 312 g/mol. The number of guanidine groups is 1. The molecule has 1 aromatic rings. The van der Waals surface area contributed by atoms with E-state index in [1.165, 1.54) is 38.9 Å². The third-order valence-corrected chi connectivity index (χ3v) is 5.94. The molecule has 3 heterocycles. The molecule has 0 saturated carbocycles. The van der Waals surface area contributed by atoms with E-state index >= 15 is 0 Å². The minimum absolute atomic E-state index is 0.472. The fraction of sp³-hybridized carbons (Fsp3) is 0.789. The van der Waals surface area contributed by atoms with E-state index in [0.29, 0.717) is 12.0 Å². The maximum atomic E-state index is 4.57. The molecule has 0 aromatic carbocycles. The predicted octanol–water partition coefficient (Wildman–Crippen LogP) is 2.07. The van der Waals surface area contributed by atoms with E-state index in [1.807, 2.05) is 19.6 Å². The van der Waals surface area contributed by atoms with Gasteiger partial charge in [-0.2, -0.15) is 0 Å². The molecule has 1 N–H and O–H groups in total. The molecule has 0 amide bonds. The topological polar surface area (TPSA) is 48.7 Å². The minimum atomic E-state index is 0.472. The van der Waals surface area contributed by atoms with Crippen LogP contribution in [0.25, 0.3) is 0 Å². The highest BCUT2D eigenvalue weighted by molar-refractivity contribution is 5.80. The van der Waals surface area contributed by atoms with E-state index in [1.54, 1.807) is 0 Å². The number of nitrogens with one attached hydrogen (secondary N) is 1. The fourth-order valence-electron chi connectivity index (χ4n) is 4.27. The highest BCUT2D eigenvalue weighted by atomic mass is 15.3. The number of imidazole rings is 1. The number of hydrogen-bond acceptors (Lipinski definition) is 3. The molecule has 0 spiro atoms. The lowest BCUT2D eigenvalue weighted by Gasteiger charge is -2.40. The molecule has 6 heteroatoms. The molecule has 140 valence electrons. The van der Waals surface area contributed by atoms with Crippen molar-refractivity contribution >= 4 is 5.96 Å². The smallest absolute Gasteiger partial charge is 0.193 e. The van der Waals surface area contributed by atoms with Gasteiger partial charge in [-0.1, -0.05) is 13.8 Å². The highest BCUT2D eigenvalue weighted by Gasteiger charge is 2.29. The molecule has 6 nitrogen and oxygen atoms in total. The van der Waals surface area contributed by atoms with Crippen molar-refractivity contribution in [2.24, 2.45) is 16.8 Å². The van der Waals surface area contributed by atoms with Crippen LogP contribution >= 0.6 is 0 Å². The van der Waals surface area contributed by atoms with Gasteiger partial charge in [0.05, 0.1) is 12.4 Å². The number of likely N-dealkylation sites (tertiary alicyclic amines) is 2. The standard InChI is InChI=1S/C19H34N6/c1-4-23-9-5-6-17(13-23)12-22-19(20-3)24-10-7-16(2)18(14-24)25-11-8-21-15-25/h8,11,15-18H,4-7,9-10,12-14H2,1-3H3,(H,20,22). The van der Waals surface area contributed by atoms with Crippen molar-refractivity contribution in [1.82, 2.24) is 24.7 Å². The first kappa shape index (κ1) is 18.2. The minimum Gasteiger partial charge on any atom is -0.356 e. The number of nitrogens with zero attached hydrogens (tertiary/aromatic N) is 5. The number of aromatic nitrogens is 2. The van der Waals surface area contributed by atoms with Gasteiger partial charge in [0.25, 0.3) is 0 Å². The number of hydrogen-bond donors (Lipinski definition) is 1. The van der Waals surface area contributed by atoms with Gasteiger partial charge in [-0.3, -0.25) is 4.99 Å². The average molecular weight is 347 g/mol. The van der Waals surface area contributed by atoms with Gasteiger partial charge in [0.1, 0.15) is 0 Å². The van der Waals surface area contributed by atoms with Crippen LogP contribution in [0.1, 0.15) is 39.2 Å². The number of aliphatic imine (C=N–C) groups is 1. The van der Waals surface area contributed by atoms with E-state index in [9.17, 15) is 0 Å². The van der Waals surface area contributed by atoms with Crippen molar-refractivity contribution < 1.29 is 0 Å². The van der Waals surface area contributed by atoms with Crippen LogP contribution < -0.4 is 5.32 Å². The second-order valence-corrected chi connectivity index (χ2v) is 7.62. The zero-order valence-electron chi connectivity index (χ0n) is 16.1. The predicted molar refractivity (Wildman–Crippen MR) is 103 cm³/mol. The third kappa shape index (κ3) is 4.54. The quantitative estimate of drug-likeness (QED) is 0.670. The average Bonchev–Trinajstić information content (AvgIpc) is 3.18. The summed E-state index contributed by atoms with van der Waals surface area (Å²) in [5.41, 5.74) is 0. The van der Waals surface area contributed by atoms with Crippen LogP contribution in [-0.2, 0) is 0 Å². The zero-order valence-corrected chi connectivity index (χ0v) is 16.1. The SMILES string of the molecule is CCN1CCCC(CNC(=NC)N2CCC(C)C(n3ccnc3)C2)C1. The van der Waals surface area contributed by atoms with Gasteiger partial charge in [0, 0.05) is 45.6 Å². The van der Waals surface area contributed by atoms with Gasteiger partial charge in [-0.05, 0) is 44.2 Å². The second-order valence-electron chi connectivity index (χ2n) is 7.62. The molecule has 2 aliphatic heterocycles. The summed E-state index contributed by atoms with van der Waals surface area (Å²) >= 11 is 0. The van der Waals surface area contributed by atoms with Gasteiger partial charge < -0.3 is 19.7 Å². The molecule has 0 aliphatic carbocycles. The van der Waals surface area contributed by atoms with Crippen molar-refractivity contribution in [2.75, 3.05) is 46.3 Å². The van der Waals surface area contributed by atoms with Crippen LogP contribution in [0, 0.1) is 11.8 Å². The normalized spacial score (nSPS) is 29.0. The van der Waals surface area contributed by atoms with Crippen LogP contribution in [0.15, 0.2) is 23.7 Å². The fourth-order valence-corrected chi connectivity index (χ4v) is 4.27. The summed E-state index contributed by atoms with van der Waals surface area (Å²) in [6, 6.07) is 0.472. The Labute approximate surface area is 152 Å². The van der Waals surface area contributed by atoms with Gasteiger partial charge in [0.15, 0.2) is 5.96 Å². The summed E-state index contributed by atoms with van der Waals surface area (Å²) in [5, 5.41) is 3.66. The van der Waals surface area contributed by atoms with Crippen molar-refractivity contribution in [2.45, 2.75) is 39.2 Å². The Morgan fingerprint density at radius 3 is 2.88 bits per heavy atom. The first-order valence-corrected chi connectivity index (χ1v) is 9.86. The summed E-state index contributed by atoms with van der Waals surface area (Å²) in [7, 11) is 1.91. The van der Waals surface area contributed by atoms with Crippen LogP contribution in [0.2, 0.25) is 0 Å². The highest BCUT2D eigenvalue weighted by Crippen LogP contribution is 2.27. The van der Waals surface area contributed by atoms with Crippen molar-refractivity contribution in [3.05, 3.63) is 18.7 Å². The van der Waals surface area contributed by atoms with Crippen molar-refractivity contribution in [3.63, 3.8) is 0 Å². The van der Waals surface area contributed by atoms with E-state index < -0.39 is 0 Å². The maximum Gasteiger partial charge on any atom is 0.193 e. The van der Waals surface area contributed by atoms with Crippen LogP contribution in [0.5, 0.6) is 0 Å². The molecule has 25 heavy (non-hydrogen) atoms. The van der Waals surface area contributed by atoms with Crippen molar-refractivity contribution in [3.8, 4) is 0 Å². The van der Waals surface area contributed by atoms with E-state index in [2.05, 4.69) is 49.7 Å². The Kier molecular flexibility index (Phi) is 6.34. The lowest BCUT2D eigenvalue weighted by atomic mass is 9.93. The van der Waals surface area contributed by atoms with Crippen LogP contribution in [0.4, 0.5) is 0 Å². The Balaban J connectivity index is 1.55. The van der Waals surface area contributed by atoms with Crippen molar-refractivity contribution in [1.29, 1.82) is 0 Å². The molecule has 2 aliphatic rings. The Morgan fingerprint density at radius 2 is 2.16 bits per heavy atom. The third-order valence-electron chi connectivity index (χ3n) is 5.94. The molecular formula is C19H34N6. The lowest BCUT2D eigenvalue weighted by Crippen LogP contribution is -2.50. The molecule has 3 unspecified atom stereocenters. The summed E-state index contributed by atoms with van der Waals surface area (Å²) in [6.45, 7) is 11.4. The van der Waals surface area contributed by atoms with Gasteiger partial charge >= 0.3 is 0 Å². The first-order chi connectivity index (χ1) is 12.2. The number of piperidine rings is 2.